The van der Waals surface area contributed by atoms with Gasteiger partial charge in [0.2, 0.25) is 0 Å². The van der Waals surface area contributed by atoms with Crippen molar-refractivity contribution >= 4 is 11.0 Å². The lowest BCUT2D eigenvalue weighted by Crippen LogP contribution is -2.21. The Morgan fingerprint density at radius 2 is 2.00 bits per heavy atom. The summed E-state index contributed by atoms with van der Waals surface area (Å²) in [6.07, 6.45) is 0.993. The maximum atomic E-state index is 5.72. The molecule has 2 aromatic rings. The van der Waals surface area contributed by atoms with Crippen LogP contribution >= 0.6 is 0 Å². The molecule has 19 heavy (non-hydrogen) atoms. The summed E-state index contributed by atoms with van der Waals surface area (Å²) in [6.45, 7) is 9.58. The lowest BCUT2D eigenvalue weighted by Gasteiger charge is -2.24. The predicted octanol–water partition coefficient (Wildman–Crippen LogP) is 3.32. The number of nitrogens with two attached hydrogens (primary N) is 1. The Kier molecular flexibility index (Phi) is 3.68. The Hall–Kier alpha value is -1.35. The van der Waals surface area contributed by atoms with Crippen LogP contribution < -0.4 is 5.73 Å². The number of rotatable bonds is 4. The van der Waals surface area contributed by atoms with Gasteiger partial charge in [0.05, 0.1) is 11.0 Å². The summed E-state index contributed by atoms with van der Waals surface area (Å²) in [5.74, 6) is 1.58. The van der Waals surface area contributed by atoms with Crippen molar-refractivity contribution in [2.45, 2.75) is 45.4 Å². The van der Waals surface area contributed by atoms with Gasteiger partial charge in [0.1, 0.15) is 5.82 Å². The van der Waals surface area contributed by atoms with Crippen LogP contribution in [-0.2, 0) is 12.5 Å². The lowest BCUT2D eigenvalue weighted by atomic mass is 9.81. The Morgan fingerprint density at radius 3 is 2.58 bits per heavy atom. The Bertz CT molecular complexity index is 579. The molecule has 0 aliphatic carbocycles. The van der Waals surface area contributed by atoms with E-state index in [1.54, 1.807) is 0 Å². The highest BCUT2D eigenvalue weighted by Crippen LogP contribution is 2.30. The molecule has 0 amide bonds. The number of hydrogen-bond donors (Lipinski definition) is 1. The third-order valence-electron chi connectivity index (χ3n) is 3.98. The summed E-state index contributed by atoms with van der Waals surface area (Å²) in [5.41, 5.74) is 9.47. The van der Waals surface area contributed by atoms with E-state index in [0.29, 0.717) is 12.5 Å². The van der Waals surface area contributed by atoms with Gasteiger partial charge in [0.15, 0.2) is 0 Å². The van der Waals surface area contributed by atoms with Crippen LogP contribution in [0, 0.1) is 0 Å². The molecule has 2 N–H and O–H groups in total. The SMILES string of the molecule is CC(C)c1nc2ccc(C(C)(C)CCN)cc2n1C. The molecule has 3 nitrogen and oxygen atoms in total. The minimum atomic E-state index is 0.116. The van der Waals surface area contributed by atoms with Crippen molar-refractivity contribution in [1.82, 2.24) is 9.55 Å². The van der Waals surface area contributed by atoms with E-state index in [-0.39, 0.29) is 5.41 Å². The van der Waals surface area contributed by atoms with Crippen molar-refractivity contribution in [2.24, 2.45) is 12.8 Å². The summed E-state index contributed by atoms with van der Waals surface area (Å²) in [6, 6.07) is 6.59. The first kappa shape index (κ1) is 14.1. The number of imidazole rings is 1. The quantitative estimate of drug-likeness (QED) is 0.915. The van der Waals surface area contributed by atoms with Gasteiger partial charge < -0.3 is 10.3 Å². The van der Waals surface area contributed by atoms with Crippen LogP contribution in [0.4, 0.5) is 0 Å². The number of hydrogen-bond acceptors (Lipinski definition) is 2. The molecule has 0 saturated heterocycles. The highest BCUT2D eigenvalue weighted by molar-refractivity contribution is 5.77. The molecule has 0 radical (unpaired) electrons. The largest absolute Gasteiger partial charge is 0.331 e. The monoisotopic (exact) mass is 259 g/mol. The maximum absolute atomic E-state index is 5.72. The van der Waals surface area contributed by atoms with Gasteiger partial charge in [-0.15, -0.1) is 0 Å². The third kappa shape index (κ3) is 2.52. The first-order chi connectivity index (χ1) is 8.86. The topological polar surface area (TPSA) is 43.8 Å². The minimum absolute atomic E-state index is 0.116. The normalized spacial score (nSPS) is 12.6. The molecular formula is C16H25N3. The number of aryl methyl sites for hydroxylation is 1. The summed E-state index contributed by atoms with van der Waals surface area (Å²) in [5, 5.41) is 0. The van der Waals surface area contributed by atoms with E-state index in [4.69, 9.17) is 10.7 Å². The molecule has 2 rings (SSSR count). The molecule has 0 aliphatic heterocycles. The second kappa shape index (κ2) is 4.97. The van der Waals surface area contributed by atoms with Crippen LogP contribution in [0.15, 0.2) is 18.2 Å². The van der Waals surface area contributed by atoms with Crippen molar-refractivity contribution in [1.29, 1.82) is 0 Å². The van der Waals surface area contributed by atoms with Gasteiger partial charge in [-0.2, -0.15) is 0 Å². The molecule has 1 heterocycles. The molecule has 0 spiro atoms. The molecule has 1 aromatic heterocycles. The van der Waals surface area contributed by atoms with Gasteiger partial charge in [-0.05, 0) is 36.1 Å². The van der Waals surface area contributed by atoms with E-state index in [0.717, 1.165) is 17.8 Å². The summed E-state index contributed by atoms with van der Waals surface area (Å²) >= 11 is 0. The molecule has 104 valence electrons. The van der Waals surface area contributed by atoms with Gasteiger partial charge in [-0.25, -0.2) is 4.98 Å². The van der Waals surface area contributed by atoms with Crippen LogP contribution in [0.2, 0.25) is 0 Å². The standard InChI is InChI=1S/C16H25N3/c1-11(2)15-18-13-7-6-12(10-14(13)19(15)5)16(3,4)8-9-17/h6-7,10-11H,8-9,17H2,1-5H3. The fraction of sp³-hybridized carbons (Fsp3) is 0.562. The highest BCUT2D eigenvalue weighted by Gasteiger charge is 2.21. The fourth-order valence-electron chi connectivity index (χ4n) is 2.65. The zero-order chi connectivity index (χ0) is 14.2. The van der Waals surface area contributed by atoms with Crippen molar-refractivity contribution in [3.8, 4) is 0 Å². The number of nitrogens with zero attached hydrogens (tertiary/aromatic N) is 2. The Labute approximate surface area is 115 Å². The summed E-state index contributed by atoms with van der Waals surface area (Å²) in [7, 11) is 2.10. The van der Waals surface area contributed by atoms with Gasteiger partial charge in [-0.3, -0.25) is 0 Å². The molecule has 3 heteroatoms. The second-order valence-electron chi connectivity index (χ2n) is 6.31. The fourth-order valence-corrected chi connectivity index (χ4v) is 2.65. The average Bonchev–Trinajstić information content (AvgIpc) is 2.66. The van der Waals surface area contributed by atoms with E-state index in [1.165, 1.54) is 11.1 Å². The Balaban J connectivity index is 2.54. The van der Waals surface area contributed by atoms with Crippen molar-refractivity contribution < 1.29 is 0 Å². The van der Waals surface area contributed by atoms with Gasteiger partial charge in [-0.1, -0.05) is 33.8 Å². The lowest BCUT2D eigenvalue weighted by molar-refractivity contribution is 0.488. The average molecular weight is 259 g/mol. The van der Waals surface area contributed by atoms with Crippen molar-refractivity contribution in [3.05, 3.63) is 29.6 Å². The van der Waals surface area contributed by atoms with Crippen LogP contribution in [0.3, 0.4) is 0 Å². The van der Waals surface area contributed by atoms with Crippen LogP contribution in [0.5, 0.6) is 0 Å². The molecule has 0 unspecified atom stereocenters. The van der Waals surface area contributed by atoms with E-state index in [1.807, 2.05) is 0 Å². The third-order valence-corrected chi connectivity index (χ3v) is 3.98. The summed E-state index contributed by atoms with van der Waals surface area (Å²) < 4.78 is 2.21. The predicted molar refractivity (Wildman–Crippen MR) is 81.5 cm³/mol. The molecule has 0 fully saturated rings. The second-order valence-corrected chi connectivity index (χ2v) is 6.31. The minimum Gasteiger partial charge on any atom is -0.331 e. The number of aromatic nitrogens is 2. The molecule has 0 saturated carbocycles. The molecular weight excluding hydrogens is 234 g/mol. The Morgan fingerprint density at radius 1 is 1.32 bits per heavy atom. The number of benzene rings is 1. The van der Waals surface area contributed by atoms with Crippen molar-refractivity contribution in [3.63, 3.8) is 0 Å². The zero-order valence-electron chi connectivity index (χ0n) is 12.7. The molecule has 1 aromatic carbocycles. The molecule has 0 aliphatic rings. The van der Waals surface area contributed by atoms with Crippen LogP contribution in [-0.4, -0.2) is 16.1 Å². The van der Waals surface area contributed by atoms with Gasteiger partial charge in [0, 0.05) is 13.0 Å². The van der Waals surface area contributed by atoms with Crippen LogP contribution in [0.1, 0.15) is 51.4 Å². The van der Waals surface area contributed by atoms with E-state index < -0.39 is 0 Å². The first-order valence-corrected chi connectivity index (χ1v) is 7.03. The van der Waals surface area contributed by atoms with Gasteiger partial charge >= 0.3 is 0 Å². The molecule has 0 bridgehead atoms. The highest BCUT2D eigenvalue weighted by atomic mass is 15.1. The maximum Gasteiger partial charge on any atom is 0.112 e. The van der Waals surface area contributed by atoms with E-state index in [9.17, 15) is 0 Å². The number of fused-ring (bicyclic) bond motifs is 1. The van der Waals surface area contributed by atoms with Gasteiger partial charge in [0.25, 0.3) is 0 Å². The van der Waals surface area contributed by atoms with E-state index in [2.05, 4.69) is 57.5 Å². The smallest absolute Gasteiger partial charge is 0.112 e. The van der Waals surface area contributed by atoms with Crippen molar-refractivity contribution in [2.75, 3.05) is 6.54 Å². The molecule has 0 atom stereocenters. The summed E-state index contributed by atoms with van der Waals surface area (Å²) in [4.78, 5) is 4.72. The van der Waals surface area contributed by atoms with E-state index >= 15 is 0 Å². The first-order valence-electron chi connectivity index (χ1n) is 7.03. The van der Waals surface area contributed by atoms with Crippen LogP contribution in [0.25, 0.3) is 11.0 Å². The zero-order valence-corrected chi connectivity index (χ0v) is 12.7.